The lowest BCUT2D eigenvalue weighted by Gasteiger charge is -2.38. The van der Waals surface area contributed by atoms with E-state index >= 15 is 0 Å². The van der Waals surface area contributed by atoms with Gasteiger partial charge in [0.15, 0.2) is 0 Å². The third kappa shape index (κ3) is 2.72. The molecule has 0 spiro atoms. The first-order valence-electron chi connectivity index (χ1n) is 8.99. The second-order valence-electron chi connectivity index (χ2n) is 6.67. The van der Waals surface area contributed by atoms with Crippen molar-refractivity contribution in [3.63, 3.8) is 0 Å². The number of para-hydroxylation sites is 1. The molecule has 2 aromatic carbocycles. The molecule has 5 rings (SSSR count). The molecule has 1 aromatic heterocycles. The molecule has 2 aliphatic rings. The maximum Gasteiger partial charge on any atom is 0.215 e. The number of hydrogen-bond acceptors (Lipinski definition) is 5. The second-order valence-corrected chi connectivity index (χ2v) is 6.67. The molecule has 2 atom stereocenters. The van der Waals surface area contributed by atoms with Crippen LogP contribution in [-0.2, 0) is 0 Å². The number of fused-ring (bicyclic) bond motifs is 3. The van der Waals surface area contributed by atoms with E-state index < -0.39 is 0 Å². The third-order valence-corrected chi connectivity index (χ3v) is 5.09. The number of hydrazone groups is 1. The number of methoxy groups -OCH3 is 1. The van der Waals surface area contributed by atoms with E-state index in [2.05, 4.69) is 34.3 Å². The third-order valence-electron chi connectivity index (χ3n) is 5.09. The fraction of sp³-hybridized carbons (Fsp3) is 0.182. The van der Waals surface area contributed by atoms with Crippen molar-refractivity contribution < 1.29 is 9.47 Å². The van der Waals surface area contributed by atoms with Gasteiger partial charge in [-0.05, 0) is 42.0 Å². The zero-order chi connectivity index (χ0) is 18.2. The smallest absolute Gasteiger partial charge is 0.215 e. The van der Waals surface area contributed by atoms with Crippen molar-refractivity contribution in [1.29, 1.82) is 0 Å². The number of ether oxygens (including phenoxy) is 2. The molecule has 0 fully saturated rings. The zero-order valence-electron chi connectivity index (χ0n) is 14.9. The van der Waals surface area contributed by atoms with Crippen LogP contribution in [0.2, 0.25) is 0 Å². The Morgan fingerprint density at radius 3 is 2.67 bits per heavy atom. The van der Waals surface area contributed by atoms with E-state index in [0.29, 0.717) is 0 Å². The van der Waals surface area contributed by atoms with Crippen LogP contribution in [0, 0.1) is 0 Å². The van der Waals surface area contributed by atoms with Gasteiger partial charge in [0.1, 0.15) is 11.5 Å². The van der Waals surface area contributed by atoms with Gasteiger partial charge >= 0.3 is 0 Å². The van der Waals surface area contributed by atoms with Crippen molar-refractivity contribution >= 4 is 5.71 Å². The van der Waals surface area contributed by atoms with Gasteiger partial charge in [-0.15, -0.1) is 0 Å². The van der Waals surface area contributed by atoms with E-state index in [1.165, 1.54) is 5.56 Å². The summed E-state index contributed by atoms with van der Waals surface area (Å²) in [5, 5.41) is 7.02. The molecule has 5 heteroatoms. The largest absolute Gasteiger partial charge is 0.497 e. The fourth-order valence-electron chi connectivity index (χ4n) is 3.73. The van der Waals surface area contributed by atoms with Crippen molar-refractivity contribution in [1.82, 2.24) is 9.99 Å². The quantitative estimate of drug-likeness (QED) is 0.700. The zero-order valence-corrected chi connectivity index (χ0v) is 14.9. The van der Waals surface area contributed by atoms with E-state index in [1.54, 1.807) is 13.3 Å². The first-order chi connectivity index (χ1) is 13.3. The van der Waals surface area contributed by atoms with Crippen molar-refractivity contribution in [2.24, 2.45) is 5.10 Å². The topological polar surface area (TPSA) is 47.0 Å². The lowest BCUT2D eigenvalue weighted by Crippen LogP contribution is -2.33. The van der Waals surface area contributed by atoms with Gasteiger partial charge in [0.2, 0.25) is 6.23 Å². The van der Waals surface area contributed by atoms with Crippen molar-refractivity contribution in [3.8, 4) is 11.5 Å². The number of aromatic nitrogens is 1. The Hall–Kier alpha value is -3.34. The van der Waals surface area contributed by atoms with Crippen LogP contribution in [0.3, 0.4) is 0 Å². The summed E-state index contributed by atoms with van der Waals surface area (Å²) in [5.74, 6) is 1.76. The molecule has 2 aliphatic heterocycles. The fourth-order valence-corrected chi connectivity index (χ4v) is 3.73. The van der Waals surface area contributed by atoms with E-state index in [1.807, 2.05) is 42.6 Å². The maximum absolute atomic E-state index is 6.31. The summed E-state index contributed by atoms with van der Waals surface area (Å²) in [6, 6.07) is 20.4. The highest BCUT2D eigenvalue weighted by atomic mass is 16.5. The van der Waals surface area contributed by atoms with E-state index in [9.17, 15) is 0 Å². The molecule has 0 aliphatic carbocycles. The summed E-state index contributed by atoms with van der Waals surface area (Å²) in [5.41, 5.74) is 4.33. The number of benzene rings is 2. The molecule has 0 amide bonds. The molecule has 0 saturated heterocycles. The Balaban J connectivity index is 1.56. The van der Waals surface area contributed by atoms with Crippen molar-refractivity contribution in [2.45, 2.75) is 18.7 Å². The van der Waals surface area contributed by atoms with Gasteiger partial charge in [-0.3, -0.25) is 4.98 Å². The Morgan fingerprint density at radius 1 is 1.04 bits per heavy atom. The van der Waals surface area contributed by atoms with Crippen LogP contribution in [0.25, 0.3) is 0 Å². The van der Waals surface area contributed by atoms with E-state index in [0.717, 1.165) is 34.8 Å². The molecular weight excluding hydrogens is 338 g/mol. The van der Waals surface area contributed by atoms with Gasteiger partial charge < -0.3 is 9.47 Å². The number of pyridine rings is 1. The van der Waals surface area contributed by atoms with Crippen LogP contribution in [0.15, 0.2) is 78.2 Å². The number of hydrogen-bond donors (Lipinski definition) is 0. The molecule has 27 heavy (non-hydrogen) atoms. The standard InChI is InChI=1S/C22H19N3O2/c1-26-17-10-8-15(9-11-17)19-13-20-18-6-2-3-7-21(18)27-22(25(20)24-19)16-5-4-12-23-14-16/h2-12,14,20,22H,13H2,1H3/t20-,22-/m1/s1. The molecule has 0 saturated carbocycles. The van der Waals surface area contributed by atoms with Gasteiger partial charge in [0.25, 0.3) is 0 Å². The molecule has 134 valence electrons. The van der Waals surface area contributed by atoms with Gasteiger partial charge in [-0.1, -0.05) is 24.3 Å². The predicted octanol–water partition coefficient (Wildman–Crippen LogP) is 4.33. The highest BCUT2D eigenvalue weighted by Crippen LogP contribution is 2.47. The van der Waals surface area contributed by atoms with Crippen LogP contribution in [-0.4, -0.2) is 22.8 Å². The Morgan fingerprint density at radius 2 is 1.89 bits per heavy atom. The minimum absolute atomic E-state index is 0.150. The molecule has 5 nitrogen and oxygen atoms in total. The Labute approximate surface area is 157 Å². The van der Waals surface area contributed by atoms with E-state index in [4.69, 9.17) is 14.6 Å². The lowest BCUT2D eigenvalue weighted by molar-refractivity contribution is -0.0192. The second kappa shape index (κ2) is 6.43. The first kappa shape index (κ1) is 15.9. The Kier molecular flexibility index (Phi) is 3.78. The Bertz CT molecular complexity index is 986. The average Bonchev–Trinajstić information content (AvgIpc) is 3.19. The highest BCUT2D eigenvalue weighted by Gasteiger charge is 2.40. The molecule has 0 N–H and O–H groups in total. The maximum atomic E-state index is 6.31. The monoisotopic (exact) mass is 357 g/mol. The van der Waals surface area contributed by atoms with Crippen LogP contribution in [0.1, 0.15) is 35.4 Å². The average molecular weight is 357 g/mol. The SMILES string of the molecule is COc1ccc(C2=NN3[C@H](C2)c2ccccc2O[C@@H]3c2cccnc2)cc1. The highest BCUT2D eigenvalue weighted by molar-refractivity contribution is 6.02. The summed E-state index contributed by atoms with van der Waals surface area (Å²) in [6.45, 7) is 0. The predicted molar refractivity (Wildman–Crippen MR) is 103 cm³/mol. The summed E-state index contributed by atoms with van der Waals surface area (Å²) in [4.78, 5) is 4.26. The molecular formula is C22H19N3O2. The summed E-state index contributed by atoms with van der Waals surface area (Å²) >= 11 is 0. The van der Waals surface area contributed by atoms with Crippen molar-refractivity contribution in [3.05, 3.63) is 89.7 Å². The van der Waals surface area contributed by atoms with E-state index in [-0.39, 0.29) is 12.3 Å². The van der Waals surface area contributed by atoms with Crippen molar-refractivity contribution in [2.75, 3.05) is 7.11 Å². The van der Waals surface area contributed by atoms with Gasteiger partial charge in [0.05, 0.1) is 18.9 Å². The van der Waals surface area contributed by atoms with Crippen LogP contribution in [0.4, 0.5) is 0 Å². The minimum Gasteiger partial charge on any atom is -0.497 e. The number of rotatable bonds is 3. The molecule has 0 unspecified atom stereocenters. The molecule has 0 radical (unpaired) electrons. The van der Waals surface area contributed by atoms with Gasteiger partial charge in [0, 0.05) is 29.9 Å². The first-order valence-corrected chi connectivity index (χ1v) is 8.99. The van der Waals surface area contributed by atoms with Gasteiger partial charge in [-0.2, -0.15) is 5.10 Å². The lowest BCUT2D eigenvalue weighted by atomic mass is 9.96. The molecule has 3 heterocycles. The molecule has 0 bridgehead atoms. The summed E-state index contributed by atoms with van der Waals surface area (Å²) in [6.07, 6.45) is 4.17. The normalized spacial score (nSPS) is 20.3. The minimum atomic E-state index is -0.283. The summed E-state index contributed by atoms with van der Waals surface area (Å²) < 4.78 is 11.6. The summed E-state index contributed by atoms with van der Waals surface area (Å²) in [7, 11) is 1.68. The van der Waals surface area contributed by atoms with Crippen LogP contribution < -0.4 is 9.47 Å². The van der Waals surface area contributed by atoms with Crippen LogP contribution in [0.5, 0.6) is 11.5 Å². The van der Waals surface area contributed by atoms with Crippen LogP contribution >= 0.6 is 0 Å². The van der Waals surface area contributed by atoms with Gasteiger partial charge in [-0.25, -0.2) is 5.01 Å². The molecule has 3 aromatic rings. The number of nitrogens with zero attached hydrogens (tertiary/aromatic N) is 3.